The molecular formula is C21H28N4O4. The fourth-order valence-corrected chi connectivity index (χ4v) is 3.54. The average molecular weight is 400 g/mol. The molecule has 0 aromatic heterocycles. The van der Waals surface area contributed by atoms with Crippen LogP contribution in [0.2, 0.25) is 0 Å². The van der Waals surface area contributed by atoms with Crippen molar-refractivity contribution in [1.82, 2.24) is 15.8 Å². The fourth-order valence-electron chi connectivity index (χ4n) is 3.54. The van der Waals surface area contributed by atoms with E-state index < -0.39 is 28.8 Å². The minimum absolute atomic E-state index is 0.183. The lowest BCUT2D eigenvalue weighted by Gasteiger charge is -2.33. The third-order valence-corrected chi connectivity index (χ3v) is 5.57. The topological polar surface area (TPSA) is 108 Å². The summed E-state index contributed by atoms with van der Waals surface area (Å²) in [6, 6.07) is 5.75. The first-order chi connectivity index (χ1) is 13.5. The number of amides is 5. The van der Waals surface area contributed by atoms with Gasteiger partial charge < -0.3 is 10.6 Å². The minimum Gasteiger partial charge on any atom is -0.326 e. The van der Waals surface area contributed by atoms with Crippen molar-refractivity contribution in [3.05, 3.63) is 29.8 Å². The number of nitrogens with one attached hydrogen (secondary N) is 3. The lowest BCUT2D eigenvalue weighted by atomic mass is 9.77. The van der Waals surface area contributed by atoms with E-state index in [0.29, 0.717) is 24.4 Å². The van der Waals surface area contributed by atoms with Gasteiger partial charge in [0.15, 0.2) is 0 Å². The summed E-state index contributed by atoms with van der Waals surface area (Å²) in [5.74, 6) is -0.681. The molecule has 1 aliphatic carbocycles. The molecule has 1 aromatic carbocycles. The van der Waals surface area contributed by atoms with Gasteiger partial charge in [-0.3, -0.25) is 19.8 Å². The Bertz CT molecular complexity index is 850. The maximum atomic E-state index is 12.9. The Kier molecular flexibility index (Phi) is 5.38. The normalized spacial score (nSPS) is 24.4. The summed E-state index contributed by atoms with van der Waals surface area (Å²) < 4.78 is 0. The molecule has 8 heteroatoms. The second kappa shape index (κ2) is 7.50. The van der Waals surface area contributed by atoms with Crippen LogP contribution in [0.1, 0.15) is 63.7 Å². The zero-order valence-electron chi connectivity index (χ0n) is 17.3. The highest BCUT2D eigenvalue weighted by atomic mass is 16.2. The largest absolute Gasteiger partial charge is 0.344 e. The molecule has 1 spiro atoms. The van der Waals surface area contributed by atoms with Gasteiger partial charge in [0.2, 0.25) is 5.91 Å². The van der Waals surface area contributed by atoms with Crippen LogP contribution < -0.4 is 16.1 Å². The van der Waals surface area contributed by atoms with Crippen LogP contribution >= 0.6 is 0 Å². The second-order valence-electron chi connectivity index (χ2n) is 9.06. The molecule has 2 aliphatic rings. The molecule has 0 atom stereocenters. The number of imide groups is 1. The quantitative estimate of drug-likeness (QED) is 0.678. The van der Waals surface area contributed by atoms with Crippen LogP contribution in [0.25, 0.3) is 0 Å². The molecule has 1 saturated heterocycles. The summed E-state index contributed by atoms with van der Waals surface area (Å²) in [7, 11) is 0. The molecule has 0 unspecified atom stereocenters. The zero-order valence-corrected chi connectivity index (χ0v) is 17.3. The molecule has 29 heavy (non-hydrogen) atoms. The average Bonchev–Trinajstić information content (AvgIpc) is 2.88. The van der Waals surface area contributed by atoms with Gasteiger partial charge in [-0.1, -0.05) is 33.8 Å². The molecule has 8 nitrogen and oxygen atoms in total. The predicted molar refractivity (Wildman–Crippen MR) is 108 cm³/mol. The maximum absolute atomic E-state index is 12.9. The molecule has 5 amide bonds. The Labute approximate surface area is 170 Å². The van der Waals surface area contributed by atoms with Gasteiger partial charge in [-0.05, 0) is 49.8 Å². The van der Waals surface area contributed by atoms with Crippen LogP contribution in [-0.4, -0.2) is 34.3 Å². The monoisotopic (exact) mass is 400 g/mol. The third-order valence-electron chi connectivity index (χ3n) is 5.57. The van der Waals surface area contributed by atoms with E-state index in [1.165, 1.54) is 6.07 Å². The van der Waals surface area contributed by atoms with E-state index in [1.807, 2.05) is 0 Å². The maximum Gasteiger partial charge on any atom is 0.344 e. The van der Waals surface area contributed by atoms with E-state index in [2.05, 4.69) is 23.0 Å². The van der Waals surface area contributed by atoms with E-state index in [-0.39, 0.29) is 11.5 Å². The van der Waals surface area contributed by atoms with E-state index >= 15 is 0 Å². The van der Waals surface area contributed by atoms with Gasteiger partial charge in [0.1, 0.15) is 5.54 Å². The number of carbonyl (C=O) groups is 4. The molecule has 0 radical (unpaired) electrons. The van der Waals surface area contributed by atoms with Crippen LogP contribution in [0.15, 0.2) is 24.3 Å². The fraction of sp³-hybridized carbons (Fsp3) is 0.524. The standard InChI is InChI=1S/C21H28N4O4/c1-13-8-10-21(11-9-13)18(28)25(19(29)23-21)24-16(26)14-6-5-7-15(12-14)22-17(27)20(2,3)4/h5-7,12-13H,8-11H2,1-4H3,(H,22,27)(H,23,29)(H,24,26). The highest BCUT2D eigenvalue weighted by Gasteiger charge is 2.52. The molecule has 0 bridgehead atoms. The zero-order chi connectivity index (χ0) is 21.4. The van der Waals surface area contributed by atoms with Crippen LogP contribution in [0.5, 0.6) is 0 Å². The van der Waals surface area contributed by atoms with E-state index in [4.69, 9.17) is 0 Å². The first kappa shape index (κ1) is 20.8. The van der Waals surface area contributed by atoms with Crippen LogP contribution in [0, 0.1) is 11.3 Å². The first-order valence-electron chi connectivity index (χ1n) is 9.91. The molecule has 156 valence electrons. The van der Waals surface area contributed by atoms with Crippen molar-refractivity contribution in [3.63, 3.8) is 0 Å². The summed E-state index contributed by atoms with van der Waals surface area (Å²) in [5, 5.41) is 6.30. The van der Waals surface area contributed by atoms with Crippen LogP contribution in [-0.2, 0) is 9.59 Å². The predicted octanol–water partition coefficient (Wildman–Crippen LogP) is 2.82. The Balaban J connectivity index is 1.70. The number of urea groups is 1. The Morgan fingerprint density at radius 1 is 1.17 bits per heavy atom. The van der Waals surface area contributed by atoms with Gasteiger partial charge in [-0.25, -0.2) is 4.79 Å². The Morgan fingerprint density at radius 2 is 1.83 bits per heavy atom. The van der Waals surface area contributed by atoms with Crippen molar-refractivity contribution in [2.45, 2.75) is 58.9 Å². The molecule has 3 rings (SSSR count). The molecule has 1 aliphatic heterocycles. The summed E-state index contributed by atoms with van der Waals surface area (Å²) in [6.45, 7) is 7.49. The number of hydrogen-bond acceptors (Lipinski definition) is 4. The minimum atomic E-state index is -0.917. The third kappa shape index (κ3) is 4.26. The summed E-state index contributed by atoms with van der Waals surface area (Å²) in [6.07, 6.45) is 2.84. The SMILES string of the molecule is CC1CCC2(CC1)NC(=O)N(NC(=O)c1cccc(NC(=O)C(C)(C)C)c1)C2=O. The number of hydrazine groups is 1. The van der Waals surface area contributed by atoms with Crippen molar-refractivity contribution >= 4 is 29.4 Å². The van der Waals surface area contributed by atoms with Gasteiger partial charge in [0.25, 0.3) is 11.8 Å². The molecule has 1 aromatic rings. The van der Waals surface area contributed by atoms with Crippen molar-refractivity contribution < 1.29 is 19.2 Å². The molecular weight excluding hydrogens is 372 g/mol. The Hall–Kier alpha value is -2.90. The van der Waals surface area contributed by atoms with Crippen molar-refractivity contribution in [3.8, 4) is 0 Å². The highest BCUT2D eigenvalue weighted by molar-refractivity contribution is 6.09. The molecule has 2 fully saturated rings. The van der Waals surface area contributed by atoms with Gasteiger partial charge in [0.05, 0.1) is 0 Å². The lowest BCUT2D eigenvalue weighted by molar-refractivity contribution is -0.134. The number of anilines is 1. The number of nitrogens with zero attached hydrogens (tertiary/aromatic N) is 1. The second-order valence-corrected chi connectivity index (χ2v) is 9.06. The van der Waals surface area contributed by atoms with Crippen molar-refractivity contribution in [2.24, 2.45) is 11.3 Å². The lowest BCUT2D eigenvalue weighted by Crippen LogP contribution is -2.51. The molecule has 1 heterocycles. The smallest absolute Gasteiger partial charge is 0.326 e. The van der Waals surface area contributed by atoms with Crippen LogP contribution in [0.4, 0.5) is 10.5 Å². The summed E-state index contributed by atoms with van der Waals surface area (Å²) in [4.78, 5) is 50.0. The van der Waals surface area contributed by atoms with Crippen molar-refractivity contribution in [2.75, 3.05) is 5.32 Å². The molecule has 3 N–H and O–H groups in total. The number of carbonyl (C=O) groups excluding carboxylic acids is 4. The first-order valence-corrected chi connectivity index (χ1v) is 9.91. The van der Waals surface area contributed by atoms with Gasteiger partial charge in [-0.15, -0.1) is 0 Å². The van der Waals surface area contributed by atoms with Gasteiger partial charge in [-0.2, -0.15) is 5.01 Å². The number of rotatable bonds is 3. The van der Waals surface area contributed by atoms with E-state index in [0.717, 1.165) is 17.9 Å². The molecule has 1 saturated carbocycles. The Morgan fingerprint density at radius 3 is 2.45 bits per heavy atom. The van der Waals surface area contributed by atoms with Gasteiger partial charge >= 0.3 is 6.03 Å². The van der Waals surface area contributed by atoms with Crippen molar-refractivity contribution in [1.29, 1.82) is 0 Å². The van der Waals surface area contributed by atoms with E-state index in [9.17, 15) is 19.2 Å². The van der Waals surface area contributed by atoms with Crippen LogP contribution in [0.3, 0.4) is 0 Å². The number of benzene rings is 1. The summed E-state index contributed by atoms with van der Waals surface area (Å²) in [5.41, 5.74) is 1.61. The number of hydrogen-bond donors (Lipinski definition) is 3. The highest BCUT2D eigenvalue weighted by Crippen LogP contribution is 2.35. The van der Waals surface area contributed by atoms with E-state index in [1.54, 1.807) is 39.0 Å². The van der Waals surface area contributed by atoms with Gasteiger partial charge in [0, 0.05) is 16.7 Å². The summed E-state index contributed by atoms with van der Waals surface area (Å²) >= 11 is 0.